The van der Waals surface area contributed by atoms with Crippen LogP contribution in [0.25, 0.3) is 0 Å². The summed E-state index contributed by atoms with van der Waals surface area (Å²) in [5, 5.41) is 9.51. The zero-order chi connectivity index (χ0) is 9.52. The quantitative estimate of drug-likeness (QED) is 0.735. The average molecular weight is 178 g/mol. The molecule has 0 bridgehead atoms. The van der Waals surface area contributed by atoms with Crippen LogP contribution in [0.1, 0.15) is 31.7 Å². The number of benzene rings is 1. The second kappa shape index (κ2) is 5.76. The summed E-state index contributed by atoms with van der Waals surface area (Å²) >= 11 is 0. The molecule has 1 aromatic carbocycles. The van der Waals surface area contributed by atoms with Crippen molar-refractivity contribution in [2.45, 2.75) is 38.7 Å². The molecule has 0 heterocycles. The first-order valence-corrected chi connectivity index (χ1v) is 5.05. The average Bonchev–Trinajstić information content (AvgIpc) is 2.17. The van der Waals surface area contributed by atoms with E-state index in [-0.39, 0.29) is 6.10 Å². The molecule has 0 aliphatic rings. The molecule has 1 rings (SSSR count). The molecule has 1 N–H and O–H groups in total. The van der Waals surface area contributed by atoms with Gasteiger partial charge in [-0.2, -0.15) is 0 Å². The van der Waals surface area contributed by atoms with Crippen molar-refractivity contribution in [2.75, 3.05) is 0 Å². The van der Waals surface area contributed by atoms with Crippen LogP contribution in [0.3, 0.4) is 0 Å². The van der Waals surface area contributed by atoms with Crippen LogP contribution in [0.2, 0.25) is 0 Å². The predicted octanol–water partition coefficient (Wildman–Crippen LogP) is 2.78. The molecule has 1 aromatic rings. The van der Waals surface area contributed by atoms with Crippen LogP contribution in [0.4, 0.5) is 0 Å². The summed E-state index contributed by atoms with van der Waals surface area (Å²) < 4.78 is 0. The van der Waals surface area contributed by atoms with Gasteiger partial charge < -0.3 is 5.11 Å². The summed E-state index contributed by atoms with van der Waals surface area (Å²) in [6.07, 6.45) is 3.74. The van der Waals surface area contributed by atoms with Crippen LogP contribution in [-0.4, -0.2) is 11.2 Å². The fourth-order valence-corrected chi connectivity index (χ4v) is 1.46. The summed E-state index contributed by atoms with van der Waals surface area (Å²) in [6, 6.07) is 10.3. The maximum Gasteiger partial charge on any atom is 0.0543 e. The van der Waals surface area contributed by atoms with E-state index in [1.54, 1.807) is 0 Å². The van der Waals surface area contributed by atoms with Crippen molar-refractivity contribution in [2.24, 2.45) is 0 Å². The molecule has 0 fully saturated rings. The summed E-state index contributed by atoms with van der Waals surface area (Å²) in [5.41, 5.74) is 1.32. The maximum absolute atomic E-state index is 9.51. The highest BCUT2D eigenvalue weighted by atomic mass is 16.3. The van der Waals surface area contributed by atoms with Crippen molar-refractivity contribution in [1.82, 2.24) is 0 Å². The molecular formula is C12H18O. The lowest BCUT2D eigenvalue weighted by atomic mass is 10.0. The molecule has 0 aliphatic heterocycles. The molecule has 1 unspecified atom stereocenters. The van der Waals surface area contributed by atoms with Gasteiger partial charge in [0.15, 0.2) is 0 Å². The number of aryl methyl sites for hydroxylation is 1. The predicted molar refractivity (Wildman–Crippen MR) is 55.7 cm³/mol. The van der Waals surface area contributed by atoms with Crippen molar-refractivity contribution in [1.29, 1.82) is 0 Å². The first-order chi connectivity index (χ1) is 6.33. The SMILES string of the molecule is CCCC(O)CCc1ccccc1. The van der Waals surface area contributed by atoms with Crippen LogP contribution in [0, 0.1) is 0 Å². The van der Waals surface area contributed by atoms with Crippen LogP contribution in [0.5, 0.6) is 0 Å². The monoisotopic (exact) mass is 178 g/mol. The van der Waals surface area contributed by atoms with Gasteiger partial charge in [0.05, 0.1) is 6.10 Å². The van der Waals surface area contributed by atoms with Gasteiger partial charge in [-0.15, -0.1) is 0 Å². The first kappa shape index (κ1) is 10.3. The van der Waals surface area contributed by atoms with E-state index in [1.165, 1.54) is 5.56 Å². The molecule has 0 amide bonds. The van der Waals surface area contributed by atoms with Gasteiger partial charge in [-0.25, -0.2) is 0 Å². The summed E-state index contributed by atoms with van der Waals surface area (Å²) in [7, 11) is 0. The fourth-order valence-electron chi connectivity index (χ4n) is 1.46. The Bertz CT molecular complexity index is 218. The van der Waals surface area contributed by atoms with Gasteiger partial charge in [-0.05, 0) is 24.8 Å². The van der Waals surface area contributed by atoms with Gasteiger partial charge in [0.2, 0.25) is 0 Å². The van der Waals surface area contributed by atoms with Crippen LogP contribution in [0.15, 0.2) is 30.3 Å². The lowest BCUT2D eigenvalue weighted by molar-refractivity contribution is 0.154. The van der Waals surface area contributed by atoms with E-state index in [2.05, 4.69) is 19.1 Å². The van der Waals surface area contributed by atoms with E-state index in [4.69, 9.17) is 0 Å². The number of hydrogen-bond donors (Lipinski definition) is 1. The molecule has 0 saturated heterocycles. The molecule has 72 valence electrons. The second-order valence-corrected chi connectivity index (χ2v) is 3.47. The summed E-state index contributed by atoms with van der Waals surface area (Å²) in [5.74, 6) is 0. The molecule has 0 radical (unpaired) electrons. The largest absolute Gasteiger partial charge is 0.393 e. The van der Waals surface area contributed by atoms with E-state index >= 15 is 0 Å². The third-order valence-corrected chi connectivity index (χ3v) is 2.23. The van der Waals surface area contributed by atoms with E-state index < -0.39 is 0 Å². The second-order valence-electron chi connectivity index (χ2n) is 3.47. The van der Waals surface area contributed by atoms with Gasteiger partial charge in [0, 0.05) is 0 Å². The third kappa shape index (κ3) is 4.09. The Morgan fingerprint density at radius 3 is 2.46 bits per heavy atom. The fraction of sp³-hybridized carbons (Fsp3) is 0.500. The summed E-state index contributed by atoms with van der Waals surface area (Å²) in [4.78, 5) is 0. The number of aliphatic hydroxyl groups is 1. The van der Waals surface area contributed by atoms with Gasteiger partial charge in [-0.1, -0.05) is 43.7 Å². The van der Waals surface area contributed by atoms with Gasteiger partial charge >= 0.3 is 0 Å². The lowest BCUT2D eigenvalue weighted by Crippen LogP contribution is -2.06. The zero-order valence-corrected chi connectivity index (χ0v) is 8.24. The van der Waals surface area contributed by atoms with Crippen LogP contribution >= 0.6 is 0 Å². The molecule has 0 saturated carbocycles. The lowest BCUT2D eigenvalue weighted by Gasteiger charge is -2.08. The van der Waals surface area contributed by atoms with E-state index in [9.17, 15) is 5.11 Å². The van der Waals surface area contributed by atoms with Gasteiger partial charge in [0.25, 0.3) is 0 Å². The number of hydrogen-bond acceptors (Lipinski definition) is 1. The molecule has 13 heavy (non-hydrogen) atoms. The molecular weight excluding hydrogens is 160 g/mol. The highest BCUT2D eigenvalue weighted by Gasteiger charge is 2.02. The standard InChI is InChI=1S/C12H18O/c1-2-6-12(13)10-9-11-7-4-3-5-8-11/h3-5,7-8,12-13H,2,6,9-10H2,1H3. The van der Waals surface area contributed by atoms with E-state index in [0.29, 0.717) is 0 Å². The Kier molecular flexibility index (Phi) is 4.55. The van der Waals surface area contributed by atoms with Crippen LogP contribution < -0.4 is 0 Å². The Morgan fingerprint density at radius 2 is 1.85 bits per heavy atom. The topological polar surface area (TPSA) is 20.2 Å². The third-order valence-electron chi connectivity index (χ3n) is 2.23. The first-order valence-electron chi connectivity index (χ1n) is 5.05. The van der Waals surface area contributed by atoms with Crippen molar-refractivity contribution < 1.29 is 5.11 Å². The molecule has 1 heteroatoms. The van der Waals surface area contributed by atoms with Crippen LogP contribution in [-0.2, 0) is 6.42 Å². The summed E-state index contributed by atoms with van der Waals surface area (Å²) in [6.45, 7) is 2.10. The van der Waals surface area contributed by atoms with E-state index in [0.717, 1.165) is 25.7 Å². The Labute approximate surface area is 80.4 Å². The van der Waals surface area contributed by atoms with Gasteiger partial charge in [0.1, 0.15) is 0 Å². The minimum Gasteiger partial charge on any atom is -0.393 e. The van der Waals surface area contributed by atoms with Gasteiger partial charge in [-0.3, -0.25) is 0 Å². The van der Waals surface area contributed by atoms with Crippen molar-refractivity contribution >= 4 is 0 Å². The molecule has 0 aromatic heterocycles. The Hall–Kier alpha value is -0.820. The number of aliphatic hydroxyl groups excluding tert-OH is 1. The van der Waals surface area contributed by atoms with E-state index in [1.807, 2.05) is 18.2 Å². The molecule has 1 atom stereocenters. The van der Waals surface area contributed by atoms with Crippen molar-refractivity contribution in [3.63, 3.8) is 0 Å². The smallest absolute Gasteiger partial charge is 0.0543 e. The minimum absolute atomic E-state index is 0.120. The molecule has 0 spiro atoms. The normalized spacial score (nSPS) is 12.8. The van der Waals surface area contributed by atoms with Crippen molar-refractivity contribution in [3.05, 3.63) is 35.9 Å². The Morgan fingerprint density at radius 1 is 1.15 bits per heavy atom. The highest BCUT2D eigenvalue weighted by molar-refractivity contribution is 5.14. The highest BCUT2D eigenvalue weighted by Crippen LogP contribution is 2.07. The Balaban J connectivity index is 2.27. The minimum atomic E-state index is -0.120. The molecule has 0 aliphatic carbocycles. The van der Waals surface area contributed by atoms with Crippen molar-refractivity contribution in [3.8, 4) is 0 Å². The number of rotatable bonds is 5. The zero-order valence-electron chi connectivity index (χ0n) is 8.24. The molecule has 1 nitrogen and oxygen atoms in total. The maximum atomic E-state index is 9.51.